The number of carbonyl (C=O) groups excluding carboxylic acids is 1. The zero-order chi connectivity index (χ0) is 23.0. The molecule has 2 aromatic rings. The summed E-state index contributed by atoms with van der Waals surface area (Å²) in [6.45, 7) is 7.21. The first-order valence-electron chi connectivity index (χ1n) is 10.7. The van der Waals surface area contributed by atoms with E-state index in [-0.39, 0.29) is 11.6 Å². The van der Waals surface area contributed by atoms with Gasteiger partial charge in [0.1, 0.15) is 23.3 Å². The van der Waals surface area contributed by atoms with Gasteiger partial charge in [0.2, 0.25) is 0 Å². The van der Waals surface area contributed by atoms with E-state index >= 15 is 0 Å². The quantitative estimate of drug-likeness (QED) is 0.597. The Morgan fingerprint density at radius 2 is 1.91 bits per heavy atom. The smallest absolute Gasteiger partial charge is 0.407 e. The summed E-state index contributed by atoms with van der Waals surface area (Å²) < 4.78 is 40.9. The SMILES string of the molecule is CC(C)(C)OC(=O)N[C@H]1C[C@@H](N2Cc3ccc(Br)cc3C2)CO[C@@H]1c1cc(F)ccc1F. The number of ether oxygens (including phenoxy) is 2. The number of nitrogens with one attached hydrogen (secondary N) is 1. The van der Waals surface area contributed by atoms with Gasteiger partial charge in [0.05, 0.1) is 12.6 Å². The minimum Gasteiger partial charge on any atom is -0.444 e. The van der Waals surface area contributed by atoms with Gasteiger partial charge in [-0.25, -0.2) is 13.6 Å². The number of hydrogen-bond acceptors (Lipinski definition) is 4. The Kier molecular flexibility index (Phi) is 6.56. The van der Waals surface area contributed by atoms with Crippen LogP contribution in [0.3, 0.4) is 0 Å². The maximum Gasteiger partial charge on any atom is 0.407 e. The van der Waals surface area contributed by atoms with Crippen LogP contribution in [-0.4, -0.2) is 35.3 Å². The topological polar surface area (TPSA) is 50.8 Å². The van der Waals surface area contributed by atoms with Gasteiger partial charge in [0.15, 0.2) is 0 Å². The minimum absolute atomic E-state index is 0.00832. The summed E-state index contributed by atoms with van der Waals surface area (Å²) in [5.74, 6) is -1.12. The van der Waals surface area contributed by atoms with E-state index in [1.54, 1.807) is 20.8 Å². The maximum atomic E-state index is 14.5. The van der Waals surface area contributed by atoms with Crippen molar-refractivity contribution in [1.29, 1.82) is 0 Å². The highest BCUT2D eigenvalue weighted by Crippen LogP contribution is 2.36. The number of carbonyl (C=O) groups is 1. The van der Waals surface area contributed by atoms with Crippen molar-refractivity contribution in [2.24, 2.45) is 0 Å². The van der Waals surface area contributed by atoms with E-state index in [1.807, 2.05) is 6.07 Å². The first kappa shape index (κ1) is 23.1. The number of alkyl carbamates (subject to hydrolysis) is 1. The Morgan fingerprint density at radius 3 is 2.66 bits per heavy atom. The fourth-order valence-electron chi connectivity index (χ4n) is 4.35. The lowest BCUT2D eigenvalue weighted by Crippen LogP contribution is -2.52. The number of nitrogens with zero attached hydrogens (tertiary/aromatic N) is 1. The Hall–Kier alpha value is -2.03. The van der Waals surface area contributed by atoms with Gasteiger partial charge in [-0.2, -0.15) is 0 Å². The normalized spacial score (nSPS) is 23.6. The lowest BCUT2D eigenvalue weighted by Gasteiger charge is -2.40. The Morgan fingerprint density at radius 1 is 1.16 bits per heavy atom. The second-order valence-electron chi connectivity index (χ2n) is 9.38. The average Bonchev–Trinajstić information content (AvgIpc) is 3.11. The summed E-state index contributed by atoms with van der Waals surface area (Å²) in [7, 11) is 0. The second kappa shape index (κ2) is 9.08. The van der Waals surface area contributed by atoms with Crippen LogP contribution in [0.15, 0.2) is 40.9 Å². The van der Waals surface area contributed by atoms with E-state index in [4.69, 9.17) is 9.47 Å². The number of hydrogen-bond donors (Lipinski definition) is 1. The predicted octanol–water partition coefficient (Wildman–Crippen LogP) is 5.47. The van der Waals surface area contributed by atoms with Gasteiger partial charge in [0.25, 0.3) is 0 Å². The Labute approximate surface area is 195 Å². The molecule has 172 valence electrons. The van der Waals surface area contributed by atoms with Crippen molar-refractivity contribution in [1.82, 2.24) is 10.2 Å². The van der Waals surface area contributed by atoms with Crippen LogP contribution in [-0.2, 0) is 22.6 Å². The molecule has 2 aliphatic heterocycles. The molecule has 32 heavy (non-hydrogen) atoms. The summed E-state index contributed by atoms with van der Waals surface area (Å²) in [5, 5.41) is 2.84. The van der Waals surface area contributed by atoms with Crippen LogP contribution in [0.5, 0.6) is 0 Å². The summed E-state index contributed by atoms with van der Waals surface area (Å²) >= 11 is 3.52. The number of rotatable bonds is 3. The Bertz CT molecular complexity index is 1010. The highest BCUT2D eigenvalue weighted by molar-refractivity contribution is 9.10. The lowest BCUT2D eigenvalue weighted by atomic mass is 9.92. The van der Waals surface area contributed by atoms with Crippen LogP contribution in [0.25, 0.3) is 0 Å². The van der Waals surface area contributed by atoms with Crippen LogP contribution in [0.2, 0.25) is 0 Å². The molecule has 0 aromatic heterocycles. The van der Waals surface area contributed by atoms with E-state index in [0.717, 1.165) is 35.8 Å². The Balaban J connectivity index is 1.54. The highest BCUT2D eigenvalue weighted by Gasteiger charge is 2.39. The molecule has 4 rings (SSSR count). The van der Waals surface area contributed by atoms with E-state index in [0.29, 0.717) is 13.0 Å². The van der Waals surface area contributed by atoms with Crippen molar-refractivity contribution in [3.63, 3.8) is 0 Å². The van der Waals surface area contributed by atoms with Gasteiger partial charge in [-0.3, -0.25) is 4.90 Å². The molecule has 0 unspecified atom stereocenters. The summed E-state index contributed by atoms with van der Waals surface area (Å²) in [6, 6.07) is 8.96. The monoisotopic (exact) mass is 508 g/mol. The van der Waals surface area contributed by atoms with E-state index in [9.17, 15) is 13.6 Å². The average molecular weight is 509 g/mol. The largest absolute Gasteiger partial charge is 0.444 e. The lowest BCUT2D eigenvalue weighted by molar-refractivity contribution is -0.0627. The molecule has 1 amide bonds. The highest BCUT2D eigenvalue weighted by atomic mass is 79.9. The fourth-order valence-corrected chi connectivity index (χ4v) is 4.76. The summed E-state index contributed by atoms with van der Waals surface area (Å²) in [5.41, 5.74) is 1.92. The van der Waals surface area contributed by atoms with Gasteiger partial charge in [-0.15, -0.1) is 0 Å². The molecule has 1 fully saturated rings. The molecule has 5 nitrogen and oxygen atoms in total. The van der Waals surface area contributed by atoms with E-state index in [2.05, 4.69) is 38.3 Å². The third-order valence-corrected chi connectivity index (χ3v) is 6.25. The third-order valence-electron chi connectivity index (χ3n) is 5.76. The molecular weight excluding hydrogens is 482 g/mol. The number of amides is 1. The third kappa shape index (κ3) is 5.30. The molecular formula is C24H27BrF2N2O3. The van der Waals surface area contributed by atoms with Crippen LogP contribution in [0.1, 0.15) is 50.0 Å². The predicted molar refractivity (Wildman–Crippen MR) is 120 cm³/mol. The number of benzene rings is 2. The van der Waals surface area contributed by atoms with Crippen LogP contribution >= 0.6 is 15.9 Å². The van der Waals surface area contributed by atoms with Gasteiger partial charge in [0, 0.05) is 29.2 Å². The zero-order valence-electron chi connectivity index (χ0n) is 18.3. The van der Waals surface area contributed by atoms with Crippen LogP contribution in [0.4, 0.5) is 13.6 Å². The van der Waals surface area contributed by atoms with E-state index < -0.39 is 35.5 Å². The minimum atomic E-state index is -0.811. The first-order valence-corrected chi connectivity index (χ1v) is 11.5. The first-order chi connectivity index (χ1) is 15.1. The number of fused-ring (bicyclic) bond motifs is 1. The zero-order valence-corrected chi connectivity index (χ0v) is 19.9. The molecule has 0 saturated carbocycles. The molecule has 2 heterocycles. The van der Waals surface area contributed by atoms with Gasteiger partial charge in [-0.05, 0) is 68.7 Å². The molecule has 0 radical (unpaired) electrons. The maximum absolute atomic E-state index is 14.5. The van der Waals surface area contributed by atoms with Crippen LogP contribution < -0.4 is 5.32 Å². The van der Waals surface area contributed by atoms with Crippen LogP contribution in [0, 0.1) is 11.6 Å². The fraction of sp³-hybridized carbons (Fsp3) is 0.458. The molecule has 2 aromatic carbocycles. The van der Waals surface area contributed by atoms with Crippen molar-refractivity contribution >= 4 is 22.0 Å². The molecule has 8 heteroatoms. The van der Waals surface area contributed by atoms with Gasteiger partial charge >= 0.3 is 6.09 Å². The molecule has 2 aliphatic rings. The molecule has 1 saturated heterocycles. The van der Waals surface area contributed by atoms with Gasteiger partial charge in [-0.1, -0.05) is 22.0 Å². The van der Waals surface area contributed by atoms with Crippen molar-refractivity contribution in [3.8, 4) is 0 Å². The second-order valence-corrected chi connectivity index (χ2v) is 10.3. The molecule has 0 spiro atoms. The standard InChI is InChI=1S/C24H27BrF2N2O3/c1-24(2,3)32-23(30)28-21-10-18(29-11-14-4-5-16(25)8-15(14)12-29)13-31-22(21)19-9-17(26)6-7-20(19)27/h4-9,18,21-22H,10-13H2,1-3H3,(H,28,30)/t18-,21+,22-/m1/s1. The summed E-state index contributed by atoms with van der Waals surface area (Å²) in [4.78, 5) is 14.8. The van der Waals surface area contributed by atoms with Crippen molar-refractivity contribution < 1.29 is 23.0 Å². The van der Waals surface area contributed by atoms with Crippen molar-refractivity contribution in [3.05, 3.63) is 69.2 Å². The number of halogens is 3. The summed E-state index contributed by atoms with van der Waals surface area (Å²) in [6.07, 6.45) is -0.898. The van der Waals surface area contributed by atoms with Crippen molar-refractivity contribution in [2.45, 2.75) is 64.1 Å². The molecule has 3 atom stereocenters. The molecule has 0 aliphatic carbocycles. The van der Waals surface area contributed by atoms with Crippen molar-refractivity contribution in [2.75, 3.05) is 6.61 Å². The van der Waals surface area contributed by atoms with E-state index in [1.165, 1.54) is 11.1 Å². The van der Waals surface area contributed by atoms with Gasteiger partial charge < -0.3 is 14.8 Å². The molecule has 1 N–H and O–H groups in total. The molecule has 0 bridgehead atoms.